The number of amides is 2. The summed E-state index contributed by atoms with van der Waals surface area (Å²) in [5.74, 6) is -2.38. The minimum Gasteiger partial charge on any atom is -0.328 e. The minimum absolute atomic E-state index is 0.152. The summed E-state index contributed by atoms with van der Waals surface area (Å²) in [6.07, 6.45) is 2.60. The summed E-state index contributed by atoms with van der Waals surface area (Å²) in [4.78, 5) is 41.8. The van der Waals surface area contributed by atoms with E-state index in [4.69, 9.17) is 4.84 Å². The van der Waals surface area contributed by atoms with Gasteiger partial charge in [0.1, 0.15) is 6.04 Å². The SMILES string of the molecule is CS(=O)(=O)N1CCCCC1C(=O)ON1C(=O)c2ccccc2C1=O. The quantitative estimate of drug-likeness (QED) is 0.737. The first-order chi connectivity index (χ1) is 11.3. The number of fused-ring (bicyclic) bond motifs is 1. The third kappa shape index (κ3) is 2.80. The second kappa shape index (κ2) is 5.99. The van der Waals surface area contributed by atoms with E-state index in [2.05, 4.69) is 0 Å². The smallest absolute Gasteiger partial charge is 0.328 e. The van der Waals surface area contributed by atoms with Crippen LogP contribution in [0.15, 0.2) is 24.3 Å². The fraction of sp³-hybridized carbons (Fsp3) is 0.400. The standard InChI is InChI=1S/C15H16N2O6S/c1-24(21,22)16-9-5-4-8-12(16)15(20)23-17-13(18)10-6-2-3-7-11(10)14(17)19/h2-3,6-7,12H,4-5,8-9H2,1H3. The Morgan fingerprint density at radius 3 is 2.25 bits per heavy atom. The molecular formula is C15H16N2O6S. The number of benzene rings is 1. The van der Waals surface area contributed by atoms with Gasteiger partial charge in [-0.15, -0.1) is 0 Å². The number of hydrogen-bond acceptors (Lipinski definition) is 6. The lowest BCUT2D eigenvalue weighted by Gasteiger charge is -2.32. The number of nitrogens with zero attached hydrogens (tertiary/aromatic N) is 2. The maximum Gasteiger partial charge on any atom is 0.351 e. The molecule has 2 heterocycles. The van der Waals surface area contributed by atoms with Gasteiger partial charge in [-0.1, -0.05) is 17.2 Å². The first-order valence-corrected chi connectivity index (χ1v) is 9.32. The molecule has 3 rings (SSSR count). The lowest BCUT2D eigenvalue weighted by molar-refractivity contribution is -0.174. The Morgan fingerprint density at radius 1 is 1.12 bits per heavy atom. The molecule has 1 aromatic carbocycles. The van der Waals surface area contributed by atoms with Gasteiger partial charge in [0.05, 0.1) is 17.4 Å². The van der Waals surface area contributed by atoms with Crippen molar-refractivity contribution in [1.29, 1.82) is 0 Å². The number of rotatable bonds is 3. The average molecular weight is 352 g/mol. The molecular weight excluding hydrogens is 336 g/mol. The van der Waals surface area contributed by atoms with Crippen LogP contribution in [-0.4, -0.2) is 54.4 Å². The van der Waals surface area contributed by atoms with Crippen molar-refractivity contribution < 1.29 is 27.6 Å². The molecule has 128 valence electrons. The van der Waals surface area contributed by atoms with E-state index >= 15 is 0 Å². The van der Waals surface area contributed by atoms with Crippen LogP contribution in [0.4, 0.5) is 0 Å². The predicted octanol–water partition coefficient (Wildman–Crippen LogP) is 0.555. The molecule has 0 aliphatic carbocycles. The van der Waals surface area contributed by atoms with E-state index < -0.39 is 33.8 Å². The van der Waals surface area contributed by atoms with Crippen molar-refractivity contribution in [3.05, 3.63) is 35.4 Å². The maximum atomic E-state index is 12.4. The van der Waals surface area contributed by atoms with Crippen molar-refractivity contribution in [1.82, 2.24) is 9.37 Å². The molecule has 0 radical (unpaired) electrons. The van der Waals surface area contributed by atoms with E-state index in [-0.39, 0.29) is 24.1 Å². The Hall–Kier alpha value is -2.26. The van der Waals surface area contributed by atoms with Crippen molar-refractivity contribution in [2.24, 2.45) is 0 Å². The van der Waals surface area contributed by atoms with E-state index in [1.54, 1.807) is 12.1 Å². The van der Waals surface area contributed by atoms with Gasteiger partial charge < -0.3 is 4.84 Å². The summed E-state index contributed by atoms with van der Waals surface area (Å²) in [6.45, 7) is 0.209. The number of piperidine rings is 1. The molecule has 9 heteroatoms. The molecule has 0 saturated carbocycles. The van der Waals surface area contributed by atoms with E-state index in [9.17, 15) is 22.8 Å². The largest absolute Gasteiger partial charge is 0.351 e. The maximum absolute atomic E-state index is 12.4. The number of hydroxylamine groups is 2. The number of hydrogen-bond donors (Lipinski definition) is 0. The summed E-state index contributed by atoms with van der Waals surface area (Å²) in [5, 5.41) is 0.405. The first kappa shape index (κ1) is 16.6. The van der Waals surface area contributed by atoms with Crippen LogP contribution in [0.2, 0.25) is 0 Å². The molecule has 8 nitrogen and oxygen atoms in total. The molecule has 2 aliphatic heterocycles. The number of carbonyl (C=O) groups is 3. The van der Waals surface area contributed by atoms with Crippen molar-refractivity contribution >= 4 is 27.8 Å². The van der Waals surface area contributed by atoms with Crippen LogP contribution >= 0.6 is 0 Å². The molecule has 0 N–H and O–H groups in total. The van der Waals surface area contributed by atoms with Crippen LogP contribution in [0.25, 0.3) is 0 Å². The van der Waals surface area contributed by atoms with E-state index in [1.807, 2.05) is 0 Å². The minimum atomic E-state index is -3.59. The summed E-state index contributed by atoms with van der Waals surface area (Å²) >= 11 is 0. The normalized spacial score (nSPS) is 21.7. The Kier molecular flexibility index (Phi) is 4.14. The zero-order chi connectivity index (χ0) is 17.5. The van der Waals surface area contributed by atoms with Crippen LogP contribution in [0.3, 0.4) is 0 Å². The van der Waals surface area contributed by atoms with Gasteiger partial charge in [0.2, 0.25) is 10.0 Å². The van der Waals surface area contributed by atoms with Crippen LogP contribution in [0.5, 0.6) is 0 Å². The Labute approximate surface area is 139 Å². The first-order valence-electron chi connectivity index (χ1n) is 7.47. The zero-order valence-corrected chi connectivity index (χ0v) is 13.8. The van der Waals surface area contributed by atoms with Crippen molar-refractivity contribution in [3.8, 4) is 0 Å². The molecule has 0 spiro atoms. The van der Waals surface area contributed by atoms with E-state index in [0.29, 0.717) is 17.9 Å². The molecule has 24 heavy (non-hydrogen) atoms. The second-order valence-corrected chi connectivity index (χ2v) is 7.68. The summed E-state index contributed by atoms with van der Waals surface area (Å²) in [5.41, 5.74) is 0.304. The van der Waals surface area contributed by atoms with Crippen LogP contribution < -0.4 is 0 Å². The zero-order valence-electron chi connectivity index (χ0n) is 13.0. The summed E-state index contributed by atoms with van der Waals surface area (Å²) < 4.78 is 24.7. The molecule has 2 aliphatic rings. The Bertz CT molecular complexity index is 784. The van der Waals surface area contributed by atoms with Gasteiger partial charge >= 0.3 is 5.97 Å². The van der Waals surface area contributed by atoms with Crippen molar-refractivity contribution in [2.75, 3.05) is 12.8 Å². The third-order valence-electron chi connectivity index (χ3n) is 4.09. The highest BCUT2D eigenvalue weighted by atomic mass is 32.2. The van der Waals surface area contributed by atoms with Crippen molar-refractivity contribution in [2.45, 2.75) is 25.3 Å². The van der Waals surface area contributed by atoms with Crippen LogP contribution in [0, 0.1) is 0 Å². The van der Waals surface area contributed by atoms with E-state index in [0.717, 1.165) is 10.6 Å². The number of carbonyl (C=O) groups excluding carboxylic acids is 3. The predicted molar refractivity (Wildman–Crippen MR) is 82.2 cm³/mol. The van der Waals surface area contributed by atoms with Gasteiger partial charge in [-0.25, -0.2) is 13.2 Å². The highest BCUT2D eigenvalue weighted by molar-refractivity contribution is 7.88. The molecule has 1 unspecified atom stereocenters. The van der Waals surface area contributed by atoms with Gasteiger partial charge in [-0.05, 0) is 31.4 Å². The monoisotopic (exact) mass is 352 g/mol. The fourth-order valence-electron chi connectivity index (χ4n) is 2.94. The molecule has 1 saturated heterocycles. The lowest BCUT2D eigenvalue weighted by atomic mass is 10.1. The van der Waals surface area contributed by atoms with Gasteiger partial charge in [0.15, 0.2) is 0 Å². The van der Waals surface area contributed by atoms with Gasteiger partial charge in [-0.2, -0.15) is 4.31 Å². The topological polar surface area (TPSA) is 101 Å². The molecule has 1 atom stereocenters. The molecule has 0 bridgehead atoms. The number of imide groups is 1. The van der Waals surface area contributed by atoms with Crippen molar-refractivity contribution in [3.63, 3.8) is 0 Å². The molecule has 1 fully saturated rings. The van der Waals surface area contributed by atoms with E-state index in [1.165, 1.54) is 12.1 Å². The van der Waals surface area contributed by atoms with Crippen LogP contribution in [0.1, 0.15) is 40.0 Å². The Balaban J connectivity index is 1.80. The lowest BCUT2D eigenvalue weighted by Crippen LogP contribution is -2.50. The van der Waals surface area contributed by atoms with Gasteiger partial charge in [0.25, 0.3) is 11.8 Å². The van der Waals surface area contributed by atoms with Crippen LogP contribution in [-0.2, 0) is 19.7 Å². The summed E-state index contributed by atoms with van der Waals surface area (Å²) in [6, 6.07) is 5.10. The average Bonchev–Trinajstić information content (AvgIpc) is 2.79. The fourth-order valence-corrected chi connectivity index (χ4v) is 4.05. The van der Waals surface area contributed by atoms with Gasteiger partial charge in [0, 0.05) is 6.54 Å². The second-order valence-electron chi connectivity index (χ2n) is 5.75. The summed E-state index contributed by atoms with van der Waals surface area (Å²) in [7, 11) is -3.59. The molecule has 0 aromatic heterocycles. The third-order valence-corrected chi connectivity index (χ3v) is 5.38. The highest BCUT2D eigenvalue weighted by Crippen LogP contribution is 2.25. The molecule has 1 aromatic rings. The van der Waals surface area contributed by atoms with Gasteiger partial charge in [-0.3, -0.25) is 9.59 Å². The Morgan fingerprint density at radius 2 is 1.71 bits per heavy atom. The molecule has 2 amide bonds. The highest BCUT2D eigenvalue weighted by Gasteiger charge is 2.42. The number of sulfonamides is 1.